The van der Waals surface area contributed by atoms with Gasteiger partial charge in [0.25, 0.3) is 0 Å². The van der Waals surface area contributed by atoms with E-state index in [4.69, 9.17) is 4.74 Å². The number of nitrogens with zero attached hydrogens (tertiary/aromatic N) is 2. The summed E-state index contributed by atoms with van der Waals surface area (Å²) in [6.45, 7) is 2.18. The van der Waals surface area contributed by atoms with E-state index in [-0.39, 0.29) is 10.7 Å². The van der Waals surface area contributed by atoms with Gasteiger partial charge >= 0.3 is 0 Å². The molecular weight excluding hydrogens is 417 g/mol. The summed E-state index contributed by atoms with van der Waals surface area (Å²) in [5.74, 6) is 0.345. The molecule has 0 unspecified atom stereocenters. The molecule has 2 heterocycles. The van der Waals surface area contributed by atoms with Crippen LogP contribution in [0.15, 0.2) is 71.8 Å². The van der Waals surface area contributed by atoms with Gasteiger partial charge in [0.15, 0.2) is 9.84 Å². The van der Waals surface area contributed by atoms with E-state index in [2.05, 4.69) is 15.3 Å². The molecule has 0 radical (unpaired) electrons. The summed E-state index contributed by atoms with van der Waals surface area (Å²) in [6.07, 6.45) is 2.74. The Bertz CT molecular complexity index is 1370. The lowest BCUT2D eigenvalue weighted by molar-refractivity contribution is 0.455. The number of pyridine rings is 2. The zero-order chi connectivity index (χ0) is 22.0. The van der Waals surface area contributed by atoms with Gasteiger partial charge in [-0.25, -0.2) is 22.8 Å². The first-order valence-electron chi connectivity index (χ1n) is 9.53. The van der Waals surface area contributed by atoms with Crippen molar-refractivity contribution in [3.05, 3.63) is 83.9 Å². The molecule has 4 rings (SSSR count). The number of fused-ring (bicyclic) bond motifs is 1. The molecule has 4 aromatic rings. The van der Waals surface area contributed by atoms with Gasteiger partial charge in [-0.15, -0.1) is 0 Å². The van der Waals surface area contributed by atoms with E-state index >= 15 is 0 Å². The Morgan fingerprint density at radius 1 is 1.06 bits per heavy atom. The largest absolute Gasteiger partial charge is 0.439 e. The molecule has 0 aliphatic carbocycles. The summed E-state index contributed by atoms with van der Waals surface area (Å²) in [5, 5.41) is 3.99. The smallest absolute Gasteiger partial charge is 0.224 e. The van der Waals surface area contributed by atoms with Gasteiger partial charge < -0.3 is 10.1 Å². The first-order chi connectivity index (χ1) is 14.8. The summed E-state index contributed by atoms with van der Waals surface area (Å²) in [6, 6.07) is 16.6. The van der Waals surface area contributed by atoms with E-state index in [1.807, 2.05) is 25.1 Å². The van der Waals surface area contributed by atoms with Crippen LogP contribution >= 0.6 is 0 Å². The highest BCUT2D eigenvalue weighted by Crippen LogP contribution is 2.28. The lowest BCUT2D eigenvalue weighted by Gasteiger charge is -2.14. The molecule has 158 valence electrons. The number of rotatable bonds is 6. The summed E-state index contributed by atoms with van der Waals surface area (Å²) >= 11 is 0. The second-order valence-electron chi connectivity index (χ2n) is 7.12. The van der Waals surface area contributed by atoms with Gasteiger partial charge in [-0.2, -0.15) is 0 Å². The maximum Gasteiger partial charge on any atom is 0.224 e. The molecular formula is C23H20FN3O3S. The van der Waals surface area contributed by atoms with Crippen LogP contribution in [0.5, 0.6) is 11.6 Å². The predicted molar refractivity (Wildman–Crippen MR) is 118 cm³/mol. The van der Waals surface area contributed by atoms with Crippen LogP contribution in [0.2, 0.25) is 0 Å². The summed E-state index contributed by atoms with van der Waals surface area (Å²) in [7, 11) is -3.35. The highest BCUT2D eigenvalue weighted by Gasteiger charge is 2.12. The number of benzene rings is 2. The number of nitrogens with one attached hydrogen (secondary N) is 1. The Morgan fingerprint density at radius 3 is 2.68 bits per heavy atom. The molecule has 2 aromatic heterocycles. The fourth-order valence-electron chi connectivity index (χ4n) is 3.21. The van der Waals surface area contributed by atoms with Crippen LogP contribution in [0.4, 0.5) is 10.1 Å². The third-order valence-electron chi connectivity index (χ3n) is 4.69. The highest BCUT2D eigenvalue weighted by atomic mass is 32.2. The lowest BCUT2D eigenvalue weighted by Crippen LogP contribution is -2.04. The summed E-state index contributed by atoms with van der Waals surface area (Å²) in [5.41, 5.74) is 2.51. The van der Waals surface area contributed by atoms with E-state index in [1.54, 1.807) is 30.5 Å². The topological polar surface area (TPSA) is 81.2 Å². The molecule has 0 saturated carbocycles. The van der Waals surface area contributed by atoms with Crippen molar-refractivity contribution in [2.45, 2.75) is 18.4 Å². The number of ether oxygens (including phenoxy) is 1. The van der Waals surface area contributed by atoms with Gasteiger partial charge in [0.1, 0.15) is 17.1 Å². The molecule has 31 heavy (non-hydrogen) atoms. The second-order valence-corrected chi connectivity index (χ2v) is 9.13. The molecule has 1 N–H and O–H groups in total. The maximum absolute atomic E-state index is 14.2. The normalized spacial score (nSPS) is 11.5. The number of aryl methyl sites for hydroxylation is 1. The Kier molecular flexibility index (Phi) is 5.56. The van der Waals surface area contributed by atoms with Crippen molar-refractivity contribution in [2.75, 3.05) is 11.6 Å². The van der Waals surface area contributed by atoms with Gasteiger partial charge in [0.05, 0.1) is 4.90 Å². The zero-order valence-electron chi connectivity index (χ0n) is 17.0. The number of anilines is 1. The molecule has 0 aliphatic rings. The van der Waals surface area contributed by atoms with Crippen molar-refractivity contribution in [3.63, 3.8) is 0 Å². The second kappa shape index (κ2) is 8.31. The van der Waals surface area contributed by atoms with Gasteiger partial charge in [-0.1, -0.05) is 24.3 Å². The van der Waals surface area contributed by atoms with Gasteiger partial charge in [-0.3, -0.25) is 0 Å². The molecule has 8 heteroatoms. The minimum absolute atomic E-state index is 0.168. The minimum Gasteiger partial charge on any atom is -0.439 e. The Hall–Kier alpha value is -3.52. The molecule has 0 amide bonds. The molecule has 0 fully saturated rings. The zero-order valence-corrected chi connectivity index (χ0v) is 17.8. The van der Waals surface area contributed by atoms with Gasteiger partial charge in [0.2, 0.25) is 5.88 Å². The van der Waals surface area contributed by atoms with Crippen LogP contribution in [-0.2, 0) is 16.4 Å². The van der Waals surface area contributed by atoms with Gasteiger partial charge in [0, 0.05) is 41.3 Å². The fourth-order valence-corrected chi connectivity index (χ4v) is 3.86. The number of sulfone groups is 1. The van der Waals surface area contributed by atoms with Crippen molar-refractivity contribution < 1.29 is 17.5 Å². The third kappa shape index (κ3) is 4.64. The Morgan fingerprint density at radius 2 is 1.87 bits per heavy atom. The number of aromatic nitrogens is 2. The van der Waals surface area contributed by atoms with Crippen LogP contribution in [-0.4, -0.2) is 24.6 Å². The van der Waals surface area contributed by atoms with Crippen molar-refractivity contribution in [3.8, 4) is 11.6 Å². The molecule has 0 saturated heterocycles. The van der Waals surface area contributed by atoms with Crippen LogP contribution in [0, 0.1) is 12.7 Å². The molecule has 6 nitrogen and oxygen atoms in total. The maximum atomic E-state index is 14.2. The molecule has 0 atom stereocenters. The monoisotopic (exact) mass is 437 g/mol. The van der Waals surface area contributed by atoms with Crippen molar-refractivity contribution in [2.24, 2.45) is 0 Å². The summed E-state index contributed by atoms with van der Waals surface area (Å²) < 4.78 is 43.7. The number of hydrogen-bond acceptors (Lipinski definition) is 6. The third-order valence-corrected chi connectivity index (χ3v) is 5.80. The number of para-hydroxylation sites is 1. The minimum atomic E-state index is -3.35. The van der Waals surface area contributed by atoms with Gasteiger partial charge in [-0.05, 0) is 43.3 Å². The van der Waals surface area contributed by atoms with E-state index < -0.39 is 9.84 Å². The fraction of sp³-hybridized carbons (Fsp3) is 0.130. The molecule has 0 aliphatic heterocycles. The molecule has 0 spiro atoms. The van der Waals surface area contributed by atoms with Crippen molar-refractivity contribution in [1.29, 1.82) is 0 Å². The van der Waals surface area contributed by atoms with E-state index in [0.29, 0.717) is 34.8 Å². The quantitative estimate of drug-likeness (QED) is 0.463. The standard InChI is InChI=1S/C23H20FN3O3S/c1-15-12-21(19-9-4-10-20(24)22(19)27-15)26-14-16-6-5-11-25-23(16)30-17-7-3-8-18(13-17)31(2,28)29/h3-13H,14H2,1-2H3,(H,26,27). The Labute approximate surface area is 179 Å². The van der Waals surface area contributed by atoms with Crippen LogP contribution in [0.25, 0.3) is 10.9 Å². The van der Waals surface area contributed by atoms with Crippen LogP contribution in [0.1, 0.15) is 11.3 Å². The van der Waals surface area contributed by atoms with Crippen LogP contribution in [0.3, 0.4) is 0 Å². The average Bonchev–Trinajstić information content (AvgIpc) is 2.73. The highest BCUT2D eigenvalue weighted by molar-refractivity contribution is 7.90. The van der Waals surface area contributed by atoms with E-state index in [0.717, 1.165) is 17.5 Å². The lowest BCUT2D eigenvalue weighted by atomic mass is 10.1. The van der Waals surface area contributed by atoms with E-state index in [1.165, 1.54) is 18.2 Å². The number of halogens is 1. The SMILES string of the molecule is Cc1cc(NCc2cccnc2Oc2cccc(S(C)(=O)=O)c2)c2cccc(F)c2n1. The average molecular weight is 437 g/mol. The first kappa shape index (κ1) is 20.7. The first-order valence-corrected chi connectivity index (χ1v) is 11.4. The molecule has 0 bridgehead atoms. The van der Waals surface area contributed by atoms with Crippen molar-refractivity contribution in [1.82, 2.24) is 9.97 Å². The Balaban J connectivity index is 1.61. The predicted octanol–water partition coefficient (Wildman–Crippen LogP) is 4.89. The van der Waals surface area contributed by atoms with E-state index in [9.17, 15) is 12.8 Å². The van der Waals surface area contributed by atoms with Crippen molar-refractivity contribution >= 4 is 26.4 Å². The summed E-state index contributed by atoms with van der Waals surface area (Å²) in [4.78, 5) is 8.75. The number of hydrogen-bond donors (Lipinski definition) is 1. The molecule has 2 aromatic carbocycles. The van der Waals surface area contributed by atoms with Crippen LogP contribution < -0.4 is 10.1 Å².